The van der Waals surface area contributed by atoms with Crippen molar-refractivity contribution in [2.75, 3.05) is 0 Å². The van der Waals surface area contributed by atoms with Gasteiger partial charge in [-0.1, -0.05) is 36.4 Å². The molecule has 0 unspecified atom stereocenters. The van der Waals surface area contributed by atoms with Crippen molar-refractivity contribution in [1.82, 2.24) is 0 Å². The van der Waals surface area contributed by atoms with Gasteiger partial charge in [0.05, 0.1) is 0 Å². The van der Waals surface area contributed by atoms with Gasteiger partial charge < -0.3 is 10.2 Å². The van der Waals surface area contributed by atoms with Crippen molar-refractivity contribution in [1.29, 1.82) is 0 Å². The first kappa shape index (κ1) is 18.5. The van der Waals surface area contributed by atoms with E-state index in [9.17, 15) is 8.42 Å². The van der Waals surface area contributed by atoms with E-state index < -0.39 is 16.3 Å². The molecule has 0 atom stereocenters. The van der Waals surface area contributed by atoms with Crippen LogP contribution in [0.25, 0.3) is 10.8 Å². The molecule has 0 heterocycles. The molecule has 0 aliphatic rings. The van der Waals surface area contributed by atoms with Crippen molar-refractivity contribution in [3.8, 4) is 0 Å². The van der Waals surface area contributed by atoms with Gasteiger partial charge in [-0.15, -0.1) is 0 Å². The molecule has 3 N–H and O–H groups in total. The van der Waals surface area contributed by atoms with Crippen molar-refractivity contribution >= 4 is 75.9 Å². The Bertz CT molecular complexity index is 658. The van der Waals surface area contributed by atoms with Crippen LogP contribution in [-0.2, 0) is 10.1 Å². The number of fused-ring (bicyclic) bond motifs is 1. The molecule has 0 fully saturated rings. The van der Waals surface area contributed by atoms with Crippen molar-refractivity contribution in [3.63, 3.8) is 0 Å². The van der Waals surface area contributed by atoms with E-state index in [-0.39, 0.29) is 53.8 Å². The summed E-state index contributed by atoms with van der Waals surface area (Å²) >= 11 is 0. The zero-order valence-corrected chi connectivity index (χ0v) is 9.83. The van der Waals surface area contributed by atoms with Gasteiger partial charge in [0, 0.05) is 5.39 Å². The molecule has 2 rings (SSSR count). The fourth-order valence-electron chi connectivity index (χ4n) is 1.42. The number of hydrogen-bond donors (Lipinski definition) is 3. The SMILES string of the molecule is O=C(O)O.O=S(=O)(O)c1cccc2ccccc12.[BaH2]. The Kier molecular flexibility index (Phi) is 7.67. The Labute approximate surface area is 149 Å². The normalized spacial score (nSPS) is 9.95. The second-order valence-electron chi connectivity index (χ2n) is 3.23. The molecule has 2 aromatic carbocycles. The summed E-state index contributed by atoms with van der Waals surface area (Å²) in [5, 5.41) is 15.3. The average molecular weight is 410 g/mol. The molecule has 0 saturated carbocycles. The van der Waals surface area contributed by atoms with Crippen LogP contribution in [0.1, 0.15) is 0 Å². The quantitative estimate of drug-likeness (QED) is 0.485. The molecule has 0 aliphatic carbocycles. The van der Waals surface area contributed by atoms with Gasteiger partial charge in [-0.3, -0.25) is 4.55 Å². The van der Waals surface area contributed by atoms with Crippen molar-refractivity contribution in [2.24, 2.45) is 0 Å². The molecule has 6 nitrogen and oxygen atoms in total. The maximum atomic E-state index is 11.0. The van der Waals surface area contributed by atoms with E-state index in [4.69, 9.17) is 19.6 Å². The molecule has 2 aromatic rings. The monoisotopic (exact) mass is 410 g/mol. The van der Waals surface area contributed by atoms with E-state index in [1.807, 2.05) is 6.07 Å². The summed E-state index contributed by atoms with van der Waals surface area (Å²) in [6.45, 7) is 0. The van der Waals surface area contributed by atoms with Crippen LogP contribution in [0.5, 0.6) is 0 Å². The van der Waals surface area contributed by atoms with Crippen LogP contribution in [0.4, 0.5) is 4.79 Å². The summed E-state index contributed by atoms with van der Waals surface area (Å²) in [6.07, 6.45) is -1.83. The van der Waals surface area contributed by atoms with E-state index in [1.54, 1.807) is 30.3 Å². The summed E-state index contributed by atoms with van der Waals surface area (Å²) in [6, 6.07) is 11.8. The van der Waals surface area contributed by atoms with E-state index >= 15 is 0 Å². The molecule has 0 radical (unpaired) electrons. The van der Waals surface area contributed by atoms with Crippen molar-refractivity contribution < 1.29 is 28.0 Å². The van der Waals surface area contributed by atoms with E-state index in [2.05, 4.69) is 0 Å². The van der Waals surface area contributed by atoms with Gasteiger partial charge in [0.1, 0.15) is 4.90 Å². The van der Waals surface area contributed by atoms with Gasteiger partial charge in [-0.05, 0) is 11.5 Å². The van der Waals surface area contributed by atoms with Gasteiger partial charge >= 0.3 is 55.0 Å². The van der Waals surface area contributed by atoms with Gasteiger partial charge in [-0.2, -0.15) is 8.42 Å². The molecule has 0 aromatic heterocycles. The fourth-order valence-corrected chi connectivity index (χ4v) is 2.13. The Balaban J connectivity index is 0.000000576. The van der Waals surface area contributed by atoms with E-state index in [0.29, 0.717) is 5.39 Å². The van der Waals surface area contributed by atoms with E-state index in [1.165, 1.54) is 6.07 Å². The zero-order chi connectivity index (χ0) is 13.8. The number of benzene rings is 2. The molecule has 0 bridgehead atoms. The third-order valence-corrected chi connectivity index (χ3v) is 2.94. The van der Waals surface area contributed by atoms with E-state index in [0.717, 1.165) is 5.39 Å². The Morgan fingerprint density at radius 1 is 0.947 bits per heavy atom. The Hall–Kier alpha value is -0.549. The second-order valence-corrected chi connectivity index (χ2v) is 4.62. The van der Waals surface area contributed by atoms with Crippen LogP contribution in [0.3, 0.4) is 0 Å². The summed E-state index contributed by atoms with van der Waals surface area (Å²) in [7, 11) is -4.13. The van der Waals surface area contributed by atoms with Gasteiger partial charge in [0.25, 0.3) is 10.1 Å². The summed E-state index contributed by atoms with van der Waals surface area (Å²) in [4.78, 5) is 8.51. The van der Waals surface area contributed by atoms with Gasteiger partial charge in [0.2, 0.25) is 0 Å². The van der Waals surface area contributed by atoms with Crippen molar-refractivity contribution in [3.05, 3.63) is 42.5 Å². The van der Waals surface area contributed by atoms with Crippen LogP contribution < -0.4 is 0 Å². The number of hydrogen-bond acceptors (Lipinski definition) is 3. The molecule has 100 valence electrons. The van der Waals surface area contributed by atoms with Crippen molar-refractivity contribution in [2.45, 2.75) is 4.90 Å². The maximum absolute atomic E-state index is 11.0. The topological polar surface area (TPSA) is 112 Å². The second kappa shape index (κ2) is 7.90. The zero-order valence-electron chi connectivity index (χ0n) is 9.02. The first-order valence-corrected chi connectivity index (χ1v) is 6.13. The predicted molar refractivity (Wildman–Crippen MR) is 73.0 cm³/mol. The predicted octanol–water partition coefficient (Wildman–Crippen LogP) is 1.39. The molecular formula is C11H12BaO6S. The molecule has 8 heteroatoms. The minimum atomic E-state index is -4.13. The molecular weight excluding hydrogens is 398 g/mol. The summed E-state index contributed by atoms with van der Waals surface area (Å²) in [5.74, 6) is 0. The molecule has 0 amide bonds. The summed E-state index contributed by atoms with van der Waals surface area (Å²) < 4.78 is 31.0. The summed E-state index contributed by atoms with van der Waals surface area (Å²) in [5.41, 5.74) is 0. The average Bonchev–Trinajstić information content (AvgIpc) is 2.26. The van der Waals surface area contributed by atoms with Crippen LogP contribution >= 0.6 is 0 Å². The van der Waals surface area contributed by atoms with Crippen LogP contribution in [0.15, 0.2) is 47.4 Å². The first-order chi connectivity index (χ1) is 8.32. The number of carbonyl (C=O) groups is 1. The van der Waals surface area contributed by atoms with Crippen LogP contribution in [0, 0.1) is 0 Å². The van der Waals surface area contributed by atoms with Gasteiger partial charge in [0.15, 0.2) is 0 Å². The molecule has 0 spiro atoms. The third kappa shape index (κ3) is 5.95. The number of rotatable bonds is 1. The Morgan fingerprint density at radius 2 is 1.42 bits per heavy atom. The minimum absolute atomic E-state index is 0. The third-order valence-electron chi connectivity index (χ3n) is 2.03. The Morgan fingerprint density at radius 3 is 1.95 bits per heavy atom. The molecule has 0 aliphatic heterocycles. The molecule has 0 saturated heterocycles. The standard InChI is InChI=1S/C10H8O3S.CH2O3.Ba.2H/c11-14(12,13)10-7-3-5-8-4-1-2-6-9(8)10;2-1(3)4;;;/h1-7H,(H,11,12,13);(H2,2,3,4);;;. The van der Waals surface area contributed by atoms with Gasteiger partial charge in [-0.25, -0.2) is 4.79 Å². The van der Waals surface area contributed by atoms with Crippen LogP contribution in [0.2, 0.25) is 0 Å². The fraction of sp³-hybridized carbons (Fsp3) is 0. The molecule has 19 heavy (non-hydrogen) atoms. The first-order valence-electron chi connectivity index (χ1n) is 4.69. The number of carboxylic acid groups (broad SMARTS) is 2. The van der Waals surface area contributed by atoms with Crippen LogP contribution in [-0.4, -0.2) is 78.2 Å².